The molecule has 0 aliphatic rings. The van der Waals surface area contributed by atoms with Crippen LogP contribution in [0.2, 0.25) is 0 Å². The first kappa shape index (κ1) is 17.2. The van der Waals surface area contributed by atoms with Gasteiger partial charge >= 0.3 is 0 Å². The summed E-state index contributed by atoms with van der Waals surface area (Å²) < 4.78 is 5.00. The van der Waals surface area contributed by atoms with Crippen molar-refractivity contribution in [3.8, 4) is 11.3 Å². The molecule has 0 atom stereocenters. The van der Waals surface area contributed by atoms with E-state index in [-0.39, 0.29) is 17.4 Å². The summed E-state index contributed by atoms with van der Waals surface area (Å²) in [5.41, 5.74) is 0.891. The summed E-state index contributed by atoms with van der Waals surface area (Å²) in [6.07, 6.45) is 1.43. The highest BCUT2D eigenvalue weighted by Gasteiger charge is 2.17. The third-order valence-corrected chi connectivity index (χ3v) is 3.58. The molecule has 3 rings (SSSR count). The van der Waals surface area contributed by atoms with E-state index >= 15 is 0 Å². The monoisotopic (exact) mass is 352 g/mol. The van der Waals surface area contributed by atoms with Gasteiger partial charge in [-0.1, -0.05) is 30.3 Å². The fourth-order valence-corrected chi connectivity index (χ4v) is 2.37. The highest BCUT2D eigenvalue weighted by Crippen LogP contribution is 2.28. The maximum Gasteiger partial charge on any atom is 0.295 e. The number of amides is 1. The van der Waals surface area contributed by atoms with Crippen LogP contribution in [0.4, 0.5) is 11.5 Å². The molecule has 8 heteroatoms. The number of aromatic nitrogens is 1. The van der Waals surface area contributed by atoms with Crippen LogP contribution < -0.4 is 10.6 Å². The van der Waals surface area contributed by atoms with Gasteiger partial charge in [-0.05, 0) is 18.2 Å². The van der Waals surface area contributed by atoms with Gasteiger partial charge in [-0.2, -0.15) is 0 Å². The van der Waals surface area contributed by atoms with Crippen LogP contribution in [0.15, 0.2) is 65.3 Å². The molecule has 2 aromatic heterocycles. The van der Waals surface area contributed by atoms with E-state index in [0.29, 0.717) is 30.2 Å². The molecule has 0 radical (unpaired) electrons. The molecule has 0 aliphatic carbocycles. The predicted octanol–water partition coefficient (Wildman–Crippen LogP) is 3.09. The van der Waals surface area contributed by atoms with Gasteiger partial charge < -0.3 is 15.1 Å². The largest absolute Gasteiger partial charge is 0.459 e. The average Bonchev–Trinajstić information content (AvgIpc) is 3.20. The third kappa shape index (κ3) is 4.04. The highest BCUT2D eigenvalue weighted by molar-refractivity contribution is 5.91. The molecule has 0 saturated heterocycles. The molecule has 0 spiro atoms. The second kappa shape index (κ2) is 7.93. The molecule has 1 aromatic carbocycles. The van der Waals surface area contributed by atoms with Gasteiger partial charge in [0, 0.05) is 24.7 Å². The van der Waals surface area contributed by atoms with E-state index in [4.69, 9.17) is 4.42 Å². The van der Waals surface area contributed by atoms with Gasteiger partial charge in [-0.15, -0.1) is 0 Å². The molecule has 0 saturated carbocycles. The zero-order valence-corrected chi connectivity index (χ0v) is 13.7. The van der Waals surface area contributed by atoms with Gasteiger partial charge in [-0.3, -0.25) is 14.9 Å². The van der Waals surface area contributed by atoms with Crippen molar-refractivity contribution >= 4 is 17.4 Å². The average molecular weight is 352 g/mol. The van der Waals surface area contributed by atoms with Crippen molar-refractivity contribution in [2.45, 2.75) is 0 Å². The van der Waals surface area contributed by atoms with Crippen LogP contribution in [-0.2, 0) is 0 Å². The van der Waals surface area contributed by atoms with Crippen LogP contribution in [-0.4, -0.2) is 28.9 Å². The molecular formula is C18H16N4O4. The topological polar surface area (TPSA) is 110 Å². The molecule has 0 fully saturated rings. The molecule has 8 nitrogen and oxygen atoms in total. The fraction of sp³-hybridized carbons (Fsp3) is 0.111. The van der Waals surface area contributed by atoms with Crippen molar-refractivity contribution in [1.82, 2.24) is 10.3 Å². The lowest BCUT2D eigenvalue weighted by Crippen LogP contribution is -2.28. The number of anilines is 1. The highest BCUT2D eigenvalue weighted by atomic mass is 16.6. The molecule has 0 unspecified atom stereocenters. The molecule has 132 valence electrons. The number of carbonyl (C=O) groups is 1. The van der Waals surface area contributed by atoms with Crippen molar-refractivity contribution in [2.24, 2.45) is 0 Å². The standard InChI is InChI=1S/C18H16N4O4/c23-18(15-7-4-12-26-15)20-11-10-19-16-9-8-14(22(24)25)17(21-16)13-5-2-1-3-6-13/h1-9,12H,10-11H2,(H,19,21)(H,20,23). The van der Waals surface area contributed by atoms with Gasteiger partial charge in [0.05, 0.1) is 11.2 Å². The molecular weight excluding hydrogens is 336 g/mol. The maximum absolute atomic E-state index is 11.8. The van der Waals surface area contributed by atoms with E-state index in [1.807, 2.05) is 6.07 Å². The molecule has 2 N–H and O–H groups in total. The molecule has 2 heterocycles. The summed E-state index contributed by atoms with van der Waals surface area (Å²) in [5.74, 6) is 0.421. The van der Waals surface area contributed by atoms with Crippen LogP contribution in [0.5, 0.6) is 0 Å². The fourth-order valence-electron chi connectivity index (χ4n) is 2.37. The van der Waals surface area contributed by atoms with Crippen LogP contribution in [0, 0.1) is 10.1 Å². The first-order chi connectivity index (χ1) is 12.6. The Hall–Kier alpha value is -3.68. The van der Waals surface area contributed by atoms with E-state index in [9.17, 15) is 14.9 Å². The van der Waals surface area contributed by atoms with E-state index in [1.54, 1.807) is 42.5 Å². The normalized spacial score (nSPS) is 10.3. The number of carbonyl (C=O) groups excluding carboxylic acids is 1. The van der Waals surface area contributed by atoms with Crippen LogP contribution in [0.25, 0.3) is 11.3 Å². The minimum atomic E-state index is -0.456. The van der Waals surface area contributed by atoms with Gasteiger partial charge in [0.2, 0.25) is 0 Å². The lowest BCUT2D eigenvalue weighted by atomic mass is 10.1. The van der Waals surface area contributed by atoms with Gasteiger partial charge in [0.1, 0.15) is 5.82 Å². The number of nitro groups is 1. The summed E-state index contributed by atoms with van der Waals surface area (Å²) in [6, 6.07) is 15.1. The zero-order valence-electron chi connectivity index (χ0n) is 13.7. The predicted molar refractivity (Wildman–Crippen MR) is 95.9 cm³/mol. The van der Waals surface area contributed by atoms with E-state index in [2.05, 4.69) is 15.6 Å². The lowest BCUT2D eigenvalue weighted by molar-refractivity contribution is -0.384. The zero-order chi connectivity index (χ0) is 18.4. The summed E-state index contributed by atoms with van der Waals surface area (Å²) in [6.45, 7) is 0.754. The van der Waals surface area contributed by atoms with E-state index < -0.39 is 4.92 Å². The number of rotatable bonds is 7. The Morgan fingerprint density at radius 2 is 1.88 bits per heavy atom. The van der Waals surface area contributed by atoms with Crippen LogP contribution in [0.1, 0.15) is 10.6 Å². The minimum Gasteiger partial charge on any atom is -0.459 e. The maximum atomic E-state index is 11.8. The Morgan fingerprint density at radius 3 is 2.58 bits per heavy atom. The van der Waals surface area contributed by atoms with Gasteiger partial charge in [0.25, 0.3) is 11.6 Å². The first-order valence-electron chi connectivity index (χ1n) is 7.91. The number of benzene rings is 1. The van der Waals surface area contributed by atoms with E-state index in [1.165, 1.54) is 12.3 Å². The Balaban J connectivity index is 1.65. The third-order valence-electron chi connectivity index (χ3n) is 3.58. The number of hydrogen-bond donors (Lipinski definition) is 2. The Bertz CT molecular complexity index is 895. The van der Waals surface area contributed by atoms with E-state index in [0.717, 1.165) is 0 Å². The van der Waals surface area contributed by atoms with Gasteiger partial charge in [0.15, 0.2) is 11.5 Å². The van der Waals surface area contributed by atoms with Crippen molar-refractivity contribution in [3.63, 3.8) is 0 Å². The van der Waals surface area contributed by atoms with Crippen LogP contribution >= 0.6 is 0 Å². The Labute approximate surface area is 149 Å². The number of pyridine rings is 1. The summed E-state index contributed by atoms with van der Waals surface area (Å²) in [7, 11) is 0. The summed E-state index contributed by atoms with van der Waals surface area (Å²) in [5, 5.41) is 17.0. The first-order valence-corrected chi connectivity index (χ1v) is 7.91. The molecule has 26 heavy (non-hydrogen) atoms. The van der Waals surface area contributed by atoms with Crippen molar-refractivity contribution in [1.29, 1.82) is 0 Å². The number of hydrogen-bond acceptors (Lipinski definition) is 6. The Kier molecular flexibility index (Phi) is 5.23. The van der Waals surface area contributed by atoms with Gasteiger partial charge in [-0.25, -0.2) is 4.98 Å². The van der Waals surface area contributed by atoms with Crippen molar-refractivity contribution < 1.29 is 14.1 Å². The second-order valence-electron chi connectivity index (χ2n) is 5.35. The smallest absolute Gasteiger partial charge is 0.295 e. The molecule has 1 amide bonds. The quantitative estimate of drug-likeness (QED) is 0.384. The Morgan fingerprint density at radius 1 is 1.08 bits per heavy atom. The lowest BCUT2D eigenvalue weighted by Gasteiger charge is -2.09. The SMILES string of the molecule is O=C(NCCNc1ccc([N+](=O)[O-])c(-c2ccccc2)n1)c1ccco1. The number of nitrogens with zero attached hydrogens (tertiary/aromatic N) is 2. The molecule has 0 aliphatic heterocycles. The summed E-state index contributed by atoms with van der Waals surface area (Å²) >= 11 is 0. The molecule has 3 aromatic rings. The summed E-state index contributed by atoms with van der Waals surface area (Å²) in [4.78, 5) is 26.9. The van der Waals surface area contributed by atoms with Crippen molar-refractivity contribution in [2.75, 3.05) is 18.4 Å². The van der Waals surface area contributed by atoms with Crippen molar-refractivity contribution in [3.05, 3.63) is 76.7 Å². The van der Waals surface area contributed by atoms with Crippen LogP contribution in [0.3, 0.4) is 0 Å². The molecule has 0 bridgehead atoms. The second-order valence-corrected chi connectivity index (χ2v) is 5.35. The minimum absolute atomic E-state index is 0.0622. The number of nitrogens with one attached hydrogen (secondary N) is 2. The number of furan rings is 1.